The number of benzene rings is 2. The predicted molar refractivity (Wildman–Crippen MR) is 107 cm³/mol. The first-order chi connectivity index (χ1) is 13.2. The summed E-state index contributed by atoms with van der Waals surface area (Å²) in [6.07, 6.45) is 0. The summed E-state index contributed by atoms with van der Waals surface area (Å²) < 4.78 is 7.27. The summed E-state index contributed by atoms with van der Waals surface area (Å²) in [6.45, 7) is 2.57. The first-order valence-corrected chi connectivity index (χ1v) is 9.83. The summed E-state index contributed by atoms with van der Waals surface area (Å²) >= 11 is 7.62. The molecule has 5 nitrogen and oxygen atoms in total. The number of halogens is 1. The molecule has 0 bridgehead atoms. The van der Waals surface area contributed by atoms with Gasteiger partial charge in [0.05, 0.1) is 12.2 Å². The molecule has 0 amide bonds. The Morgan fingerprint density at radius 2 is 1.81 bits per heavy atom. The van der Waals surface area contributed by atoms with Gasteiger partial charge >= 0.3 is 0 Å². The Kier molecular flexibility index (Phi) is 5.27. The molecule has 4 aromatic rings. The summed E-state index contributed by atoms with van der Waals surface area (Å²) in [6, 6.07) is 19.9. The maximum absolute atomic E-state index is 6.03. The van der Waals surface area contributed by atoms with Crippen LogP contribution in [0.5, 0.6) is 0 Å². The fourth-order valence-corrected chi connectivity index (χ4v) is 3.69. The number of hydrogen-bond donors (Lipinski definition) is 0. The molecule has 0 fully saturated rings. The molecule has 0 radical (unpaired) electrons. The van der Waals surface area contributed by atoms with Gasteiger partial charge in [-0.2, -0.15) is 0 Å². The van der Waals surface area contributed by atoms with Crippen LogP contribution in [0.3, 0.4) is 0 Å². The third-order valence-corrected chi connectivity index (χ3v) is 5.28. The summed E-state index contributed by atoms with van der Waals surface area (Å²) in [5, 5.41) is 14.4. The summed E-state index contributed by atoms with van der Waals surface area (Å²) in [5.74, 6) is 2.29. The van der Waals surface area contributed by atoms with Crippen molar-refractivity contribution < 1.29 is 4.52 Å². The van der Waals surface area contributed by atoms with E-state index in [-0.39, 0.29) is 0 Å². The van der Waals surface area contributed by atoms with Crippen LogP contribution in [0.25, 0.3) is 11.4 Å². The maximum Gasteiger partial charge on any atom is 0.192 e. The number of rotatable bonds is 6. The van der Waals surface area contributed by atoms with Crippen LogP contribution in [-0.4, -0.2) is 19.9 Å². The van der Waals surface area contributed by atoms with E-state index in [2.05, 4.69) is 32.1 Å². The molecular weight excluding hydrogens is 380 g/mol. The van der Waals surface area contributed by atoms with E-state index < -0.39 is 0 Å². The van der Waals surface area contributed by atoms with Crippen LogP contribution >= 0.6 is 23.4 Å². The smallest absolute Gasteiger partial charge is 0.192 e. The van der Waals surface area contributed by atoms with Crippen molar-refractivity contribution >= 4 is 23.4 Å². The zero-order valence-corrected chi connectivity index (χ0v) is 16.2. The van der Waals surface area contributed by atoms with Crippen LogP contribution in [0.1, 0.15) is 17.0 Å². The zero-order valence-electron chi connectivity index (χ0n) is 14.7. The highest BCUT2D eigenvalue weighted by atomic mass is 35.5. The average Bonchev–Trinajstić information content (AvgIpc) is 3.28. The fourth-order valence-electron chi connectivity index (χ4n) is 2.74. The number of thioether (sulfide) groups is 1. The van der Waals surface area contributed by atoms with Crippen molar-refractivity contribution in [1.82, 2.24) is 19.9 Å². The summed E-state index contributed by atoms with van der Waals surface area (Å²) in [5.41, 5.74) is 3.05. The van der Waals surface area contributed by atoms with E-state index in [0.717, 1.165) is 28.0 Å². The van der Waals surface area contributed by atoms with Crippen molar-refractivity contribution in [3.63, 3.8) is 0 Å². The Hall–Kier alpha value is -2.57. The van der Waals surface area contributed by atoms with Gasteiger partial charge in [-0.1, -0.05) is 58.9 Å². The molecule has 0 aliphatic heterocycles. The zero-order chi connectivity index (χ0) is 18.6. The van der Waals surface area contributed by atoms with Gasteiger partial charge in [0.25, 0.3) is 0 Å². The predicted octanol–water partition coefficient (Wildman–Crippen LogP) is 5.24. The third kappa shape index (κ3) is 4.23. The molecule has 27 heavy (non-hydrogen) atoms. The lowest BCUT2D eigenvalue weighted by molar-refractivity contribution is 0.393. The highest BCUT2D eigenvalue weighted by Gasteiger charge is 2.15. The lowest BCUT2D eigenvalue weighted by Gasteiger charge is -2.10. The molecule has 0 aliphatic rings. The van der Waals surface area contributed by atoms with E-state index in [4.69, 9.17) is 16.1 Å². The highest BCUT2D eigenvalue weighted by molar-refractivity contribution is 7.98. The van der Waals surface area contributed by atoms with E-state index in [9.17, 15) is 0 Å². The van der Waals surface area contributed by atoms with E-state index >= 15 is 0 Å². The Bertz CT molecular complexity index is 1030. The van der Waals surface area contributed by atoms with Gasteiger partial charge in [0.1, 0.15) is 5.76 Å². The largest absolute Gasteiger partial charge is 0.361 e. The second kappa shape index (κ2) is 7.98. The SMILES string of the molecule is Cc1cc(CSc2nnc(-c3ccc(Cl)cc3)n2Cc2ccccc2)no1. The Morgan fingerprint density at radius 1 is 1.04 bits per heavy atom. The van der Waals surface area contributed by atoms with Gasteiger partial charge in [-0.15, -0.1) is 10.2 Å². The van der Waals surface area contributed by atoms with E-state index in [1.165, 1.54) is 5.56 Å². The molecule has 0 N–H and O–H groups in total. The van der Waals surface area contributed by atoms with Crippen molar-refractivity contribution in [3.05, 3.63) is 82.7 Å². The average molecular weight is 397 g/mol. The summed E-state index contributed by atoms with van der Waals surface area (Å²) in [4.78, 5) is 0. The molecule has 0 saturated heterocycles. The molecule has 0 atom stereocenters. The van der Waals surface area contributed by atoms with Gasteiger partial charge in [0, 0.05) is 22.4 Å². The van der Waals surface area contributed by atoms with Crippen molar-refractivity contribution in [2.24, 2.45) is 0 Å². The van der Waals surface area contributed by atoms with Crippen LogP contribution in [0.15, 0.2) is 70.3 Å². The Labute approximate surface area is 166 Å². The topological polar surface area (TPSA) is 56.7 Å². The second-order valence-corrected chi connectivity index (χ2v) is 7.48. The molecule has 2 aromatic heterocycles. The number of aromatic nitrogens is 4. The van der Waals surface area contributed by atoms with Gasteiger partial charge in [-0.25, -0.2) is 0 Å². The fraction of sp³-hybridized carbons (Fsp3) is 0.150. The van der Waals surface area contributed by atoms with E-state index in [1.54, 1.807) is 11.8 Å². The first kappa shape index (κ1) is 17.8. The Morgan fingerprint density at radius 3 is 2.52 bits per heavy atom. The molecule has 0 unspecified atom stereocenters. The molecule has 2 aromatic carbocycles. The van der Waals surface area contributed by atoms with Gasteiger partial charge in [-0.3, -0.25) is 4.57 Å². The van der Waals surface area contributed by atoms with E-state index in [0.29, 0.717) is 17.3 Å². The molecular formula is C20H17ClN4OS. The van der Waals surface area contributed by atoms with Crippen LogP contribution in [0.2, 0.25) is 5.02 Å². The van der Waals surface area contributed by atoms with Gasteiger partial charge in [0.2, 0.25) is 0 Å². The normalized spacial score (nSPS) is 11.0. The quantitative estimate of drug-likeness (QED) is 0.417. The lowest BCUT2D eigenvalue weighted by Crippen LogP contribution is -2.04. The number of aryl methyl sites for hydroxylation is 1. The Balaban J connectivity index is 1.66. The molecule has 0 aliphatic carbocycles. The molecule has 136 valence electrons. The van der Waals surface area contributed by atoms with Crippen LogP contribution < -0.4 is 0 Å². The van der Waals surface area contributed by atoms with Gasteiger partial charge in [-0.05, 0) is 36.8 Å². The van der Waals surface area contributed by atoms with E-state index in [1.807, 2.05) is 55.5 Å². The van der Waals surface area contributed by atoms with Crippen LogP contribution in [0, 0.1) is 6.92 Å². The maximum atomic E-state index is 6.03. The molecule has 0 spiro atoms. The molecule has 2 heterocycles. The standard InChI is InChI=1S/C20H17ClN4OS/c1-14-11-18(24-26-14)13-27-20-23-22-19(16-7-9-17(21)10-8-16)25(20)12-15-5-3-2-4-6-15/h2-11H,12-13H2,1H3. The molecule has 4 rings (SSSR count). The third-order valence-electron chi connectivity index (χ3n) is 4.03. The van der Waals surface area contributed by atoms with Crippen LogP contribution in [-0.2, 0) is 12.3 Å². The summed E-state index contributed by atoms with van der Waals surface area (Å²) in [7, 11) is 0. The molecule has 7 heteroatoms. The van der Waals surface area contributed by atoms with Crippen molar-refractivity contribution in [2.45, 2.75) is 24.4 Å². The van der Waals surface area contributed by atoms with Gasteiger partial charge < -0.3 is 4.52 Å². The number of hydrogen-bond acceptors (Lipinski definition) is 5. The first-order valence-electron chi connectivity index (χ1n) is 8.47. The second-order valence-electron chi connectivity index (χ2n) is 6.10. The molecule has 0 saturated carbocycles. The minimum atomic E-state index is 0.672. The lowest BCUT2D eigenvalue weighted by atomic mass is 10.2. The van der Waals surface area contributed by atoms with Crippen molar-refractivity contribution in [2.75, 3.05) is 0 Å². The minimum absolute atomic E-state index is 0.672. The van der Waals surface area contributed by atoms with Crippen molar-refractivity contribution in [1.29, 1.82) is 0 Å². The van der Waals surface area contributed by atoms with Crippen molar-refractivity contribution in [3.8, 4) is 11.4 Å². The minimum Gasteiger partial charge on any atom is -0.361 e. The monoisotopic (exact) mass is 396 g/mol. The van der Waals surface area contributed by atoms with Gasteiger partial charge in [0.15, 0.2) is 11.0 Å². The highest BCUT2D eigenvalue weighted by Crippen LogP contribution is 2.28. The number of nitrogens with zero attached hydrogens (tertiary/aromatic N) is 4. The van der Waals surface area contributed by atoms with Crippen LogP contribution in [0.4, 0.5) is 0 Å².